The molecule has 1 unspecified atom stereocenters. The Labute approximate surface area is 149 Å². The van der Waals surface area contributed by atoms with Crippen molar-refractivity contribution in [3.8, 4) is 0 Å². The molecule has 0 saturated heterocycles. The minimum absolute atomic E-state index is 0.199. The first-order chi connectivity index (χ1) is 11.8. The summed E-state index contributed by atoms with van der Waals surface area (Å²) >= 11 is 0. The molecule has 1 aromatic rings. The number of carbonyl (C=O) groups excluding carboxylic acids is 2. The van der Waals surface area contributed by atoms with Crippen molar-refractivity contribution in [3.63, 3.8) is 0 Å². The van der Waals surface area contributed by atoms with Crippen molar-refractivity contribution >= 4 is 11.9 Å². The maximum absolute atomic E-state index is 11.7. The average molecular weight is 348 g/mol. The van der Waals surface area contributed by atoms with E-state index in [-0.39, 0.29) is 25.2 Å². The third-order valence-corrected chi connectivity index (χ3v) is 3.48. The van der Waals surface area contributed by atoms with Crippen molar-refractivity contribution in [1.29, 1.82) is 0 Å². The van der Waals surface area contributed by atoms with Crippen LogP contribution in [0.3, 0.4) is 0 Å². The standard InChI is InChI=1S/C20H28O5/c1-14(2)11-17-7-5-16(6-8-17)9-10-19(22)24-12-18(21)13-25-20(23)15(3)4/h5-8,14,18,21H,3,9-13H2,1-2,4H3. The van der Waals surface area contributed by atoms with E-state index < -0.39 is 18.0 Å². The van der Waals surface area contributed by atoms with Crippen molar-refractivity contribution in [3.05, 3.63) is 47.5 Å². The molecule has 0 aliphatic carbocycles. The summed E-state index contributed by atoms with van der Waals surface area (Å²) < 4.78 is 9.78. The predicted octanol–water partition coefficient (Wildman–Crippen LogP) is 2.84. The van der Waals surface area contributed by atoms with Gasteiger partial charge in [-0.05, 0) is 36.8 Å². The molecule has 5 nitrogen and oxygen atoms in total. The molecule has 25 heavy (non-hydrogen) atoms. The molecule has 0 aliphatic heterocycles. The molecule has 5 heteroatoms. The van der Waals surface area contributed by atoms with Gasteiger partial charge in [0.1, 0.15) is 19.3 Å². The highest BCUT2D eigenvalue weighted by atomic mass is 16.6. The molecule has 0 fully saturated rings. The largest absolute Gasteiger partial charge is 0.463 e. The third kappa shape index (κ3) is 9.05. The summed E-state index contributed by atoms with van der Waals surface area (Å²) in [4.78, 5) is 22.9. The van der Waals surface area contributed by atoms with E-state index in [1.165, 1.54) is 12.5 Å². The Morgan fingerprint density at radius 2 is 1.64 bits per heavy atom. The Bertz CT molecular complexity index is 574. The third-order valence-electron chi connectivity index (χ3n) is 3.48. The monoisotopic (exact) mass is 348 g/mol. The van der Waals surface area contributed by atoms with Gasteiger partial charge in [0, 0.05) is 12.0 Å². The fraction of sp³-hybridized carbons (Fsp3) is 0.500. The number of ether oxygens (including phenoxy) is 2. The molecule has 138 valence electrons. The maximum Gasteiger partial charge on any atom is 0.333 e. The Balaban J connectivity index is 2.26. The number of benzene rings is 1. The van der Waals surface area contributed by atoms with Gasteiger partial charge in [-0.2, -0.15) is 0 Å². The van der Waals surface area contributed by atoms with Gasteiger partial charge in [-0.25, -0.2) is 4.79 Å². The van der Waals surface area contributed by atoms with Crippen molar-refractivity contribution in [1.82, 2.24) is 0 Å². The number of esters is 2. The number of hydrogen-bond donors (Lipinski definition) is 1. The van der Waals surface area contributed by atoms with Gasteiger partial charge in [-0.3, -0.25) is 4.79 Å². The average Bonchev–Trinajstić information content (AvgIpc) is 2.56. The van der Waals surface area contributed by atoms with Gasteiger partial charge in [-0.15, -0.1) is 0 Å². The van der Waals surface area contributed by atoms with Crippen LogP contribution in [0, 0.1) is 5.92 Å². The van der Waals surface area contributed by atoms with Crippen LogP contribution < -0.4 is 0 Å². The van der Waals surface area contributed by atoms with E-state index in [1.807, 2.05) is 12.1 Å². The maximum atomic E-state index is 11.7. The second-order valence-electron chi connectivity index (χ2n) is 6.63. The summed E-state index contributed by atoms with van der Waals surface area (Å²) in [6, 6.07) is 8.22. The Morgan fingerprint density at radius 3 is 2.20 bits per heavy atom. The number of hydrogen-bond acceptors (Lipinski definition) is 5. The van der Waals surface area contributed by atoms with Crippen LogP contribution in [0.5, 0.6) is 0 Å². The number of carbonyl (C=O) groups is 2. The van der Waals surface area contributed by atoms with Crippen LogP contribution in [0.2, 0.25) is 0 Å². The van der Waals surface area contributed by atoms with Gasteiger partial charge in [0.05, 0.1) is 0 Å². The van der Waals surface area contributed by atoms with Crippen LogP contribution in [0.1, 0.15) is 38.3 Å². The van der Waals surface area contributed by atoms with E-state index in [1.54, 1.807) is 0 Å². The van der Waals surface area contributed by atoms with Crippen molar-refractivity contribution in [2.24, 2.45) is 5.92 Å². The molecule has 1 atom stereocenters. The molecule has 1 N–H and O–H groups in total. The molecule has 0 heterocycles. The van der Waals surface area contributed by atoms with Gasteiger partial charge >= 0.3 is 11.9 Å². The number of aryl methyl sites for hydroxylation is 1. The van der Waals surface area contributed by atoms with E-state index in [4.69, 9.17) is 9.47 Å². The number of aliphatic hydroxyl groups excluding tert-OH is 1. The normalized spacial score (nSPS) is 11.9. The fourth-order valence-corrected chi connectivity index (χ4v) is 2.16. The van der Waals surface area contributed by atoms with Gasteiger partial charge in [0.15, 0.2) is 0 Å². The van der Waals surface area contributed by atoms with Gasteiger partial charge in [-0.1, -0.05) is 44.7 Å². The quantitative estimate of drug-likeness (QED) is 0.520. The highest BCUT2D eigenvalue weighted by Gasteiger charge is 2.12. The highest BCUT2D eigenvalue weighted by molar-refractivity contribution is 5.86. The van der Waals surface area contributed by atoms with Crippen molar-refractivity contribution in [2.45, 2.75) is 46.1 Å². The van der Waals surface area contributed by atoms with E-state index >= 15 is 0 Å². The summed E-state index contributed by atoms with van der Waals surface area (Å²) in [7, 11) is 0. The lowest BCUT2D eigenvalue weighted by Gasteiger charge is -2.12. The zero-order chi connectivity index (χ0) is 18.8. The van der Waals surface area contributed by atoms with Gasteiger partial charge in [0.25, 0.3) is 0 Å². The van der Waals surface area contributed by atoms with Crippen LogP contribution in [0.25, 0.3) is 0 Å². The summed E-state index contributed by atoms with van der Waals surface area (Å²) in [6.07, 6.45) is 0.821. The lowest BCUT2D eigenvalue weighted by molar-refractivity contribution is -0.150. The molecule has 0 bridgehead atoms. The van der Waals surface area contributed by atoms with Crippen LogP contribution in [0.15, 0.2) is 36.4 Å². The molecule has 0 aromatic heterocycles. The lowest BCUT2D eigenvalue weighted by Crippen LogP contribution is -2.25. The van der Waals surface area contributed by atoms with Crippen LogP contribution >= 0.6 is 0 Å². The molecule has 1 rings (SSSR count). The van der Waals surface area contributed by atoms with Gasteiger partial charge < -0.3 is 14.6 Å². The number of aliphatic hydroxyl groups is 1. The highest BCUT2D eigenvalue weighted by Crippen LogP contribution is 2.11. The SMILES string of the molecule is C=C(C)C(=O)OCC(O)COC(=O)CCc1ccc(CC(C)C)cc1. The van der Waals surface area contributed by atoms with E-state index in [0.29, 0.717) is 12.3 Å². The minimum atomic E-state index is -1.04. The summed E-state index contributed by atoms with van der Waals surface area (Å²) in [5.41, 5.74) is 2.61. The predicted molar refractivity (Wildman–Crippen MR) is 96.0 cm³/mol. The van der Waals surface area contributed by atoms with Crippen molar-refractivity contribution in [2.75, 3.05) is 13.2 Å². The molecule has 0 aliphatic rings. The Morgan fingerprint density at radius 1 is 1.08 bits per heavy atom. The Kier molecular flexibility index (Phi) is 8.92. The molecule has 0 amide bonds. The van der Waals surface area contributed by atoms with Crippen LogP contribution in [-0.2, 0) is 31.9 Å². The first kappa shape index (κ1) is 20.9. The lowest BCUT2D eigenvalue weighted by atomic mass is 10.0. The molecule has 0 saturated carbocycles. The smallest absolute Gasteiger partial charge is 0.333 e. The van der Waals surface area contributed by atoms with E-state index in [9.17, 15) is 14.7 Å². The number of rotatable bonds is 10. The van der Waals surface area contributed by atoms with E-state index in [0.717, 1.165) is 12.0 Å². The summed E-state index contributed by atoms with van der Waals surface area (Å²) in [6.45, 7) is 8.89. The second-order valence-corrected chi connectivity index (χ2v) is 6.63. The van der Waals surface area contributed by atoms with E-state index in [2.05, 4.69) is 32.6 Å². The molecule has 0 radical (unpaired) electrons. The topological polar surface area (TPSA) is 72.8 Å². The van der Waals surface area contributed by atoms with Crippen LogP contribution in [0.4, 0.5) is 0 Å². The fourth-order valence-electron chi connectivity index (χ4n) is 2.16. The second kappa shape index (κ2) is 10.7. The first-order valence-electron chi connectivity index (χ1n) is 8.52. The minimum Gasteiger partial charge on any atom is -0.463 e. The summed E-state index contributed by atoms with van der Waals surface area (Å²) in [5.74, 6) is -0.357. The Hall–Kier alpha value is -2.14. The molecule has 1 aromatic carbocycles. The summed E-state index contributed by atoms with van der Waals surface area (Å²) in [5, 5.41) is 9.63. The molecular formula is C20H28O5. The van der Waals surface area contributed by atoms with Crippen LogP contribution in [-0.4, -0.2) is 36.4 Å². The zero-order valence-corrected chi connectivity index (χ0v) is 15.3. The molecule has 0 spiro atoms. The van der Waals surface area contributed by atoms with Crippen molar-refractivity contribution < 1.29 is 24.2 Å². The van der Waals surface area contributed by atoms with Gasteiger partial charge in [0.2, 0.25) is 0 Å². The zero-order valence-electron chi connectivity index (χ0n) is 15.3. The first-order valence-corrected chi connectivity index (χ1v) is 8.52. The molecular weight excluding hydrogens is 320 g/mol.